The van der Waals surface area contributed by atoms with Gasteiger partial charge in [-0.3, -0.25) is 14.3 Å². The molecule has 0 saturated heterocycles. The van der Waals surface area contributed by atoms with E-state index in [-0.39, 0.29) is 11.7 Å². The van der Waals surface area contributed by atoms with Gasteiger partial charge in [-0.05, 0) is 49.7 Å². The molecule has 7 nitrogen and oxygen atoms in total. The Hall–Kier alpha value is -3.39. The van der Waals surface area contributed by atoms with Gasteiger partial charge in [0.25, 0.3) is 0 Å². The van der Waals surface area contributed by atoms with Crippen molar-refractivity contribution in [1.29, 1.82) is 0 Å². The number of furan rings is 1. The molecule has 3 heterocycles. The lowest BCUT2D eigenvalue weighted by molar-refractivity contribution is -0.118. The van der Waals surface area contributed by atoms with Gasteiger partial charge in [-0.25, -0.2) is 0 Å². The lowest BCUT2D eigenvalue weighted by Gasteiger charge is -2.13. The van der Waals surface area contributed by atoms with Crippen molar-refractivity contribution in [2.75, 3.05) is 5.75 Å². The minimum Gasteiger partial charge on any atom is -0.467 e. The number of benzene rings is 1. The third-order valence-corrected chi connectivity index (χ3v) is 5.42. The van der Waals surface area contributed by atoms with Crippen molar-refractivity contribution in [3.8, 4) is 17.2 Å². The van der Waals surface area contributed by atoms with Crippen LogP contribution in [0.2, 0.25) is 0 Å². The molecule has 3 aromatic heterocycles. The summed E-state index contributed by atoms with van der Waals surface area (Å²) in [5, 5.41) is 12.2. The molecule has 8 heteroatoms. The van der Waals surface area contributed by atoms with Gasteiger partial charge >= 0.3 is 0 Å². The van der Waals surface area contributed by atoms with Crippen molar-refractivity contribution in [3.63, 3.8) is 0 Å². The van der Waals surface area contributed by atoms with Crippen LogP contribution in [-0.4, -0.2) is 31.4 Å². The van der Waals surface area contributed by atoms with E-state index in [4.69, 9.17) is 4.42 Å². The predicted molar refractivity (Wildman–Crippen MR) is 115 cm³/mol. The summed E-state index contributed by atoms with van der Waals surface area (Å²) in [7, 11) is 0. The standard InChI is InChI=1S/C22H21N5O2S/c1-15-8-9-19(16(2)12-15)27-21(18-7-3-4-10-23-18)25-26-22(27)30-14-20(28)24-13-17-6-5-11-29-17/h3-12H,13-14H2,1-2H3,(H,24,28). The molecular formula is C22H21N5O2S. The lowest BCUT2D eigenvalue weighted by Crippen LogP contribution is -2.24. The fraction of sp³-hybridized carbons (Fsp3) is 0.182. The van der Waals surface area contributed by atoms with Gasteiger partial charge in [0.05, 0.1) is 24.2 Å². The van der Waals surface area contributed by atoms with Crippen molar-refractivity contribution in [2.45, 2.75) is 25.5 Å². The maximum atomic E-state index is 12.3. The second-order valence-corrected chi connectivity index (χ2v) is 7.73. The van der Waals surface area contributed by atoms with Crippen LogP contribution in [0.25, 0.3) is 17.2 Å². The first kappa shape index (κ1) is 19.9. The molecular weight excluding hydrogens is 398 g/mol. The van der Waals surface area contributed by atoms with Crippen molar-refractivity contribution in [3.05, 3.63) is 77.9 Å². The van der Waals surface area contributed by atoms with E-state index >= 15 is 0 Å². The Balaban J connectivity index is 1.59. The molecule has 1 aromatic carbocycles. The molecule has 0 saturated carbocycles. The van der Waals surface area contributed by atoms with E-state index in [0.29, 0.717) is 23.3 Å². The average molecular weight is 420 g/mol. The van der Waals surface area contributed by atoms with Crippen LogP contribution in [0.4, 0.5) is 0 Å². The number of hydrogen-bond donors (Lipinski definition) is 1. The summed E-state index contributed by atoms with van der Waals surface area (Å²) in [5.74, 6) is 1.46. The minimum absolute atomic E-state index is 0.106. The molecule has 0 aliphatic rings. The number of nitrogens with one attached hydrogen (secondary N) is 1. The van der Waals surface area contributed by atoms with Gasteiger partial charge in [-0.2, -0.15) is 0 Å². The van der Waals surface area contributed by atoms with Crippen LogP contribution in [0.15, 0.2) is 70.6 Å². The smallest absolute Gasteiger partial charge is 0.230 e. The van der Waals surface area contributed by atoms with Crippen molar-refractivity contribution >= 4 is 17.7 Å². The van der Waals surface area contributed by atoms with Gasteiger partial charge in [-0.15, -0.1) is 10.2 Å². The van der Waals surface area contributed by atoms with Crippen LogP contribution in [0.3, 0.4) is 0 Å². The SMILES string of the molecule is Cc1ccc(-n2c(SCC(=O)NCc3ccco3)nnc2-c2ccccn2)c(C)c1. The molecule has 0 fully saturated rings. The second-order valence-electron chi connectivity index (χ2n) is 6.79. The summed E-state index contributed by atoms with van der Waals surface area (Å²) in [6.45, 7) is 4.46. The first-order valence-electron chi connectivity index (χ1n) is 9.48. The monoisotopic (exact) mass is 419 g/mol. The van der Waals surface area contributed by atoms with Crippen LogP contribution in [0.1, 0.15) is 16.9 Å². The highest BCUT2D eigenvalue weighted by molar-refractivity contribution is 7.99. The van der Waals surface area contributed by atoms with Crippen LogP contribution < -0.4 is 5.32 Å². The number of aryl methyl sites for hydroxylation is 2. The van der Waals surface area contributed by atoms with Gasteiger partial charge in [0, 0.05) is 6.20 Å². The van der Waals surface area contributed by atoms with E-state index < -0.39 is 0 Å². The molecule has 0 spiro atoms. The molecule has 4 rings (SSSR count). The van der Waals surface area contributed by atoms with Crippen LogP contribution in [0.5, 0.6) is 0 Å². The molecule has 0 atom stereocenters. The average Bonchev–Trinajstić information content (AvgIpc) is 3.41. The first-order valence-corrected chi connectivity index (χ1v) is 10.5. The fourth-order valence-electron chi connectivity index (χ4n) is 3.08. The molecule has 0 radical (unpaired) electrons. The molecule has 0 unspecified atom stereocenters. The number of rotatable bonds is 7. The van der Waals surface area contributed by atoms with E-state index in [1.54, 1.807) is 18.5 Å². The maximum Gasteiger partial charge on any atom is 0.230 e. The Bertz CT molecular complexity index is 1140. The Morgan fingerprint density at radius 3 is 2.77 bits per heavy atom. The predicted octanol–water partition coefficient (Wildman–Crippen LogP) is 3.95. The van der Waals surface area contributed by atoms with Crippen LogP contribution in [0, 0.1) is 13.8 Å². The summed E-state index contributed by atoms with van der Waals surface area (Å²) >= 11 is 1.33. The Labute approximate surface area is 178 Å². The van der Waals surface area contributed by atoms with Gasteiger partial charge in [0.15, 0.2) is 11.0 Å². The molecule has 0 aliphatic heterocycles. The molecule has 30 heavy (non-hydrogen) atoms. The number of aromatic nitrogens is 4. The Morgan fingerprint density at radius 1 is 1.13 bits per heavy atom. The zero-order chi connectivity index (χ0) is 20.9. The molecule has 0 bridgehead atoms. The Morgan fingerprint density at radius 2 is 2.03 bits per heavy atom. The zero-order valence-corrected chi connectivity index (χ0v) is 17.5. The number of pyridine rings is 1. The van der Waals surface area contributed by atoms with E-state index in [2.05, 4.69) is 46.5 Å². The van der Waals surface area contributed by atoms with Gasteiger partial charge in [-0.1, -0.05) is 35.5 Å². The van der Waals surface area contributed by atoms with Gasteiger partial charge in [0.1, 0.15) is 11.5 Å². The molecule has 1 amide bonds. The highest BCUT2D eigenvalue weighted by atomic mass is 32.2. The molecule has 1 N–H and O–H groups in total. The maximum absolute atomic E-state index is 12.3. The topological polar surface area (TPSA) is 85.8 Å². The quantitative estimate of drug-likeness (QED) is 0.457. The summed E-state index contributed by atoms with van der Waals surface area (Å²) in [6, 6.07) is 15.5. The van der Waals surface area contributed by atoms with E-state index in [1.807, 2.05) is 34.9 Å². The summed E-state index contributed by atoms with van der Waals surface area (Å²) < 4.78 is 7.20. The number of thioether (sulfide) groups is 1. The third-order valence-electron chi connectivity index (χ3n) is 4.49. The van der Waals surface area contributed by atoms with Crippen molar-refractivity contribution in [1.82, 2.24) is 25.1 Å². The summed E-state index contributed by atoms with van der Waals surface area (Å²) in [6.07, 6.45) is 3.31. The highest BCUT2D eigenvalue weighted by Crippen LogP contribution is 2.29. The minimum atomic E-state index is -0.106. The number of amides is 1. The molecule has 0 aliphatic carbocycles. The largest absolute Gasteiger partial charge is 0.467 e. The zero-order valence-electron chi connectivity index (χ0n) is 16.7. The number of carbonyl (C=O) groups is 1. The summed E-state index contributed by atoms with van der Waals surface area (Å²) in [4.78, 5) is 16.7. The summed E-state index contributed by atoms with van der Waals surface area (Å²) in [5.41, 5.74) is 3.95. The Kier molecular flexibility index (Phi) is 5.94. The van der Waals surface area contributed by atoms with Crippen molar-refractivity contribution in [2.24, 2.45) is 0 Å². The molecule has 4 aromatic rings. The van der Waals surface area contributed by atoms with E-state index in [9.17, 15) is 4.79 Å². The number of nitrogens with zero attached hydrogens (tertiary/aromatic N) is 4. The first-order chi connectivity index (χ1) is 14.6. The highest BCUT2D eigenvalue weighted by Gasteiger charge is 2.19. The van der Waals surface area contributed by atoms with Crippen molar-refractivity contribution < 1.29 is 9.21 Å². The number of hydrogen-bond acceptors (Lipinski definition) is 6. The van der Waals surface area contributed by atoms with Crippen LogP contribution >= 0.6 is 11.8 Å². The molecule has 152 valence electrons. The second kappa shape index (κ2) is 8.96. The van der Waals surface area contributed by atoms with Gasteiger partial charge in [0.2, 0.25) is 5.91 Å². The van der Waals surface area contributed by atoms with E-state index in [1.165, 1.54) is 17.3 Å². The number of carbonyl (C=O) groups excluding carboxylic acids is 1. The van der Waals surface area contributed by atoms with Crippen LogP contribution in [-0.2, 0) is 11.3 Å². The normalized spacial score (nSPS) is 10.9. The fourth-order valence-corrected chi connectivity index (χ4v) is 3.85. The van der Waals surface area contributed by atoms with E-state index in [0.717, 1.165) is 16.9 Å². The third kappa shape index (κ3) is 4.44. The lowest BCUT2D eigenvalue weighted by atomic mass is 10.1. The van der Waals surface area contributed by atoms with Gasteiger partial charge < -0.3 is 9.73 Å².